The molecule has 80 valence electrons. The van der Waals surface area contributed by atoms with Gasteiger partial charge < -0.3 is 5.11 Å². The third-order valence-corrected chi connectivity index (χ3v) is 1.27. The molecule has 1 aromatic rings. The molecule has 0 heterocycles. The topological polar surface area (TPSA) is 124 Å². The van der Waals surface area contributed by atoms with Crippen LogP contribution in [0.5, 0.6) is 0 Å². The van der Waals surface area contributed by atoms with Gasteiger partial charge in [-0.3, -0.25) is 25.0 Å². The molecule has 0 saturated carbocycles. The molecule has 8 heteroatoms. The summed E-state index contributed by atoms with van der Waals surface area (Å²) in [6, 6.07) is 4.38. The van der Waals surface area contributed by atoms with Crippen LogP contribution in [-0.2, 0) is 4.79 Å². The lowest BCUT2D eigenvalue weighted by atomic mass is 10.3. The summed E-state index contributed by atoms with van der Waals surface area (Å²) in [6.45, 7) is -0.250. The molecule has 0 aliphatic rings. The second kappa shape index (κ2) is 6.02. The van der Waals surface area contributed by atoms with Crippen LogP contribution < -0.4 is 0 Å². The molecular weight excluding hydrogens is 208 g/mol. The van der Waals surface area contributed by atoms with Crippen LogP contribution in [0.25, 0.3) is 0 Å². The summed E-state index contributed by atoms with van der Waals surface area (Å²) in [5, 5.41) is 27.1. The smallest absolute Gasteiger partial charge is 0.290 e. The van der Waals surface area contributed by atoms with E-state index in [1.165, 1.54) is 0 Å². The Labute approximate surface area is 83.1 Å². The fourth-order valence-electron chi connectivity index (χ4n) is 0.696. The average molecular weight is 214 g/mol. The lowest BCUT2D eigenvalue weighted by Crippen LogP contribution is -1.90. The highest BCUT2D eigenvalue weighted by Crippen LogP contribution is 2.16. The van der Waals surface area contributed by atoms with Crippen LogP contribution in [0.1, 0.15) is 0 Å². The van der Waals surface area contributed by atoms with Crippen LogP contribution in [0.2, 0.25) is 0 Å². The summed E-state index contributed by atoms with van der Waals surface area (Å²) < 4.78 is 0. The number of benzene rings is 1. The predicted molar refractivity (Wildman–Crippen MR) is 48.4 cm³/mol. The zero-order chi connectivity index (χ0) is 11.8. The minimum atomic E-state index is -0.607. The quantitative estimate of drug-likeness (QED) is 0.448. The summed E-state index contributed by atoms with van der Waals surface area (Å²) in [5.74, 6) is 0. The number of nitro groups is 2. The first kappa shape index (κ1) is 12.5. The lowest BCUT2D eigenvalue weighted by Gasteiger charge is -1.90. The molecule has 0 aliphatic heterocycles. The van der Waals surface area contributed by atoms with Crippen molar-refractivity contribution in [3.63, 3.8) is 0 Å². The van der Waals surface area contributed by atoms with E-state index in [0.29, 0.717) is 0 Å². The molecule has 8 nitrogen and oxygen atoms in total. The highest BCUT2D eigenvalue weighted by molar-refractivity contribution is 5.39. The van der Waals surface area contributed by atoms with Gasteiger partial charge in [0.15, 0.2) is 0 Å². The molecule has 0 aromatic heterocycles. The predicted octanol–water partition coefficient (Wildman–Crippen LogP) is 1.20. The molecule has 0 saturated heterocycles. The largest absolute Gasteiger partial charge is 0.483 e. The molecule has 0 unspecified atom stereocenters. The Hall–Kier alpha value is -2.51. The second-order valence-corrected chi connectivity index (χ2v) is 2.14. The Bertz CT molecular complexity index is 327. The number of hydrogen-bond donors (Lipinski definition) is 1. The molecule has 1 N–H and O–H groups in total. The van der Waals surface area contributed by atoms with E-state index in [0.717, 1.165) is 24.3 Å². The molecule has 15 heavy (non-hydrogen) atoms. The third kappa shape index (κ3) is 4.31. The monoisotopic (exact) mass is 214 g/mol. The Morgan fingerprint density at radius 3 is 1.33 bits per heavy atom. The number of rotatable bonds is 2. The number of hydrogen-bond acceptors (Lipinski definition) is 5. The highest BCUT2D eigenvalue weighted by Gasteiger charge is 2.08. The fraction of sp³-hybridized carbons (Fsp3) is 0. The van der Waals surface area contributed by atoms with E-state index in [-0.39, 0.29) is 17.8 Å². The number of non-ortho nitro benzene ring substituents is 2. The van der Waals surface area contributed by atoms with Crippen molar-refractivity contribution in [2.24, 2.45) is 0 Å². The van der Waals surface area contributed by atoms with Gasteiger partial charge in [-0.05, 0) is 0 Å². The maximum absolute atomic E-state index is 10.1. The van der Waals surface area contributed by atoms with Crippen molar-refractivity contribution in [3.05, 3.63) is 44.5 Å². The molecule has 1 aromatic carbocycles. The zero-order valence-electron chi connectivity index (χ0n) is 7.27. The van der Waals surface area contributed by atoms with Crippen LogP contribution >= 0.6 is 0 Å². The van der Waals surface area contributed by atoms with Gasteiger partial charge in [-0.1, -0.05) is 0 Å². The average Bonchev–Trinajstić information content (AvgIpc) is 2.19. The Kier molecular flexibility index (Phi) is 5.01. The van der Waals surface area contributed by atoms with Gasteiger partial charge >= 0.3 is 0 Å². The molecular formula is C7H6N2O6. The standard InChI is InChI=1S/C6H4N2O4.CH2O2/c9-7(10)5-1-2-6(4-3-5)8(11)12;2-1-3/h1-4H;1H,(H,2,3). The van der Waals surface area contributed by atoms with Crippen molar-refractivity contribution in [3.8, 4) is 0 Å². The van der Waals surface area contributed by atoms with Crippen molar-refractivity contribution < 1.29 is 19.7 Å². The second-order valence-electron chi connectivity index (χ2n) is 2.14. The fourth-order valence-corrected chi connectivity index (χ4v) is 0.696. The van der Waals surface area contributed by atoms with Gasteiger partial charge in [0, 0.05) is 24.3 Å². The third-order valence-electron chi connectivity index (χ3n) is 1.27. The minimum absolute atomic E-state index is 0.152. The maximum Gasteiger partial charge on any atom is 0.290 e. The molecule has 0 aliphatic carbocycles. The Morgan fingerprint density at radius 1 is 1.00 bits per heavy atom. The summed E-state index contributed by atoms with van der Waals surface area (Å²) in [6.07, 6.45) is 0. The van der Waals surface area contributed by atoms with Crippen molar-refractivity contribution in [1.29, 1.82) is 0 Å². The van der Waals surface area contributed by atoms with Crippen LogP contribution in [0.3, 0.4) is 0 Å². The number of nitrogens with zero attached hydrogens (tertiary/aromatic N) is 2. The van der Waals surface area contributed by atoms with E-state index in [9.17, 15) is 20.2 Å². The van der Waals surface area contributed by atoms with Gasteiger partial charge in [0.05, 0.1) is 9.85 Å². The van der Waals surface area contributed by atoms with Gasteiger partial charge in [0.2, 0.25) is 0 Å². The van der Waals surface area contributed by atoms with E-state index in [4.69, 9.17) is 9.90 Å². The first-order valence-electron chi connectivity index (χ1n) is 3.49. The highest BCUT2D eigenvalue weighted by atomic mass is 16.6. The molecule has 0 bridgehead atoms. The van der Waals surface area contributed by atoms with Crippen molar-refractivity contribution in [1.82, 2.24) is 0 Å². The molecule has 1 rings (SSSR count). The van der Waals surface area contributed by atoms with Crippen molar-refractivity contribution in [2.45, 2.75) is 0 Å². The SMILES string of the molecule is O=CO.O=[N+]([O-])c1ccc([N+](=O)[O-])cc1. The maximum atomic E-state index is 10.1. The van der Waals surface area contributed by atoms with E-state index >= 15 is 0 Å². The van der Waals surface area contributed by atoms with Crippen molar-refractivity contribution in [2.75, 3.05) is 0 Å². The number of carboxylic acid groups (broad SMARTS) is 1. The Morgan fingerprint density at radius 2 is 1.20 bits per heavy atom. The van der Waals surface area contributed by atoms with E-state index in [2.05, 4.69) is 0 Å². The lowest BCUT2D eigenvalue weighted by molar-refractivity contribution is -0.389. The zero-order valence-corrected chi connectivity index (χ0v) is 7.27. The summed E-state index contributed by atoms with van der Waals surface area (Å²) in [4.78, 5) is 27.4. The van der Waals surface area contributed by atoms with Gasteiger partial charge in [0.1, 0.15) is 0 Å². The van der Waals surface area contributed by atoms with Crippen LogP contribution in [0.15, 0.2) is 24.3 Å². The van der Waals surface area contributed by atoms with Gasteiger partial charge in [0.25, 0.3) is 17.8 Å². The van der Waals surface area contributed by atoms with Crippen molar-refractivity contribution >= 4 is 17.8 Å². The molecule has 0 atom stereocenters. The van der Waals surface area contributed by atoms with E-state index in [1.54, 1.807) is 0 Å². The minimum Gasteiger partial charge on any atom is -0.483 e. The van der Waals surface area contributed by atoms with Gasteiger partial charge in [-0.2, -0.15) is 0 Å². The van der Waals surface area contributed by atoms with Crippen LogP contribution in [0.4, 0.5) is 11.4 Å². The molecule has 0 fully saturated rings. The first-order valence-corrected chi connectivity index (χ1v) is 3.49. The summed E-state index contributed by atoms with van der Waals surface area (Å²) >= 11 is 0. The first-order chi connectivity index (χ1) is 7.02. The van der Waals surface area contributed by atoms with E-state index < -0.39 is 9.85 Å². The van der Waals surface area contributed by atoms with Crippen LogP contribution in [0, 0.1) is 20.2 Å². The molecule has 0 amide bonds. The Balaban J connectivity index is 0.000000583. The van der Waals surface area contributed by atoms with Gasteiger partial charge in [-0.15, -0.1) is 0 Å². The van der Waals surface area contributed by atoms with Crippen LogP contribution in [-0.4, -0.2) is 21.4 Å². The summed E-state index contributed by atoms with van der Waals surface area (Å²) in [5.41, 5.74) is -0.304. The molecule has 0 radical (unpaired) electrons. The number of carbonyl (C=O) groups is 1. The molecule has 0 spiro atoms. The summed E-state index contributed by atoms with van der Waals surface area (Å²) in [7, 11) is 0. The van der Waals surface area contributed by atoms with Gasteiger partial charge in [-0.25, -0.2) is 0 Å². The normalized spacial score (nSPS) is 8.27. The van der Waals surface area contributed by atoms with E-state index in [1.807, 2.05) is 0 Å². The number of nitro benzene ring substituents is 2.